The van der Waals surface area contributed by atoms with Crippen LogP contribution in [-0.2, 0) is 4.74 Å². The Bertz CT molecular complexity index is 569. The molecular formula is C16H25N3O5. The topological polar surface area (TPSA) is 97.9 Å². The summed E-state index contributed by atoms with van der Waals surface area (Å²) in [7, 11) is 3.05. The Labute approximate surface area is 141 Å². The van der Waals surface area contributed by atoms with Gasteiger partial charge in [0.2, 0.25) is 0 Å². The van der Waals surface area contributed by atoms with Crippen molar-refractivity contribution in [2.45, 2.75) is 26.4 Å². The van der Waals surface area contributed by atoms with E-state index in [1.165, 1.54) is 7.11 Å². The molecule has 8 heteroatoms. The zero-order chi connectivity index (χ0) is 18.2. The molecule has 0 fully saturated rings. The molecule has 1 rings (SSSR count). The van der Waals surface area contributed by atoms with Gasteiger partial charge in [-0.05, 0) is 32.9 Å². The standard InChI is InChI=1S/C16H25N3O5/c1-16(2,3)24-15(21)18-9-8-17-14(20)19-12-7-6-11(22-4)10-13(12)23-5/h6-7,10H,8-9H2,1-5H3,(H,18,21)(H2,17,19,20). The van der Waals surface area contributed by atoms with Crippen LogP contribution in [0.2, 0.25) is 0 Å². The maximum Gasteiger partial charge on any atom is 0.407 e. The van der Waals surface area contributed by atoms with E-state index in [2.05, 4.69) is 16.0 Å². The third kappa shape index (κ3) is 7.08. The summed E-state index contributed by atoms with van der Waals surface area (Å²) in [5, 5.41) is 7.84. The predicted molar refractivity (Wildman–Crippen MR) is 90.8 cm³/mol. The van der Waals surface area contributed by atoms with E-state index < -0.39 is 17.7 Å². The van der Waals surface area contributed by atoms with Gasteiger partial charge >= 0.3 is 12.1 Å². The summed E-state index contributed by atoms with van der Waals surface area (Å²) in [4.78, 5) is 23.3. The summed E-state index contributed by atoms with van der Waals surface area (Å²) in [5.41, 5.74) is -0.0457. The highest BCUT2D eigenvalue weighted by Crippen LogP contribution is 2.28. The maximum atomic E-state index is 11.9. The van der Waals surface area contributed by atoms with Gasteiger partial charge in [-0.25, -0.2) is 9.59 Å². The van der Waals surface area contributed by atoms with Crippen molar-refractivity contribution in [2.24, 2.45) is 0 Å². The van der Waals surface area contributed by atoms with E-state index in [-0.39, 0.29) is 13.1 Å². The van der Waals surface area contributed by atoms with Crippen molar-refractivity contribution in [3.8, 4) is 11.5 Å². The van der Waals surface area contributed by atoms with E-state index in [0.29, 0.717) is 17.2 Å². The number of nitrogens with one attached hydrogen (secondary N) is 3. The lowest BCUT2D eigenvalue weighted by Crippen LogP contribution is -2.39. The summed E-state index contributed by atoms with van der Waals surface area (Å²) < 4.78 is 15.4. The molecule has 1 aromatic rings. The number of hydrogen-bond donors (Lipinski definition) is 3. The van der Waals surface area contributed by atoms with Crippen LogP contribution in [0.25, 0.3) is 0 Å². The first-order chi connectivity index (χ1) is 11.2. The van der Waals surface area contributed by atoms with E-state index in [1.807, 2.05) is 0 Å². The van der Waals surface area contributed by atoms with Crippen LogP contribution in [0.5, 0.6) is 11.5 Å². The van der Waals surface area contributed by atoms with E-state index >= 15 is 0 Å². The lowest BCUT2D eigenvalue weighted by atomic mass is 10.2. The van der Waals surface area contributed by atoms with Crippen molar-refractivity contribution in [1.29, 1.82) is 0 Å². The molecule has 24 heavy (non-hydrogen) atoms. The predicted octanol–water partition coefficient (Wildman–Crippen LogP) is 2.35. The van der Waals surface area contributed by atoms with Crippen LogP contribution in [0, 0.1) is 0 Å². The molecule has 3 amide bonds. The smallest absolute Gasteiger partial charge is 0.407 e. The summed E-state index contributed by atoms with van der Waals surface area (Å²) in [6.07, 6.45) is -0.526. The molecule has 0 radical (unpaired) electrons. The molecule has 0 aliphatic carbocycles. The van der Waals surface area contributed by atoms with Crippen molar-refractivity contribution in [3.05, 3.63) is 18.2 Å². The van der Waals surface area contributed by atoms with E-state index in [0.717, 1.165) is 0 Å². The Morgan fingerprint density at radius 1 is 1.04 bits per heavy atom. The van der Waals surface area contributed by atoms with Crippen LogP contribution in [0.4, 0.5) is 15.3 Å². The Morgan fingerprint density at radius 3 is 2.29 bits per heavy atom. The molecule has 1 aromatic carbocycles. The number of benzene rings is 1. The van der Waals surface area contributed by atoms with E-state index in [1.54, 1.807) is 46.1 Å². The van der Waals surface area contributed by atoms with Crippen molar-refractivity contribution >= 4 is 17.8 Å². The first kappa shape index (κ1) is 19.4. The fraction of sp³-hybridized carbons (Fsp3) is 0.500. The number of anilines is 1. The fourth-order valence-corrected chi connectivity index (χ4v) is 1.72. The van der Waals surface area contributed by atoms with Crippen LogP contribution in [0.3, 0.4) is 0 Å². The van der Waals surface area contributed by atoms with Crippen LogP contribution in [-0.4, -0.2) is 45.0 Å². The number of hydrogen-bond acceptors (Lipinski definition) is 5. The molecule has 0 aliphatic heterocycles. The average Bonchev–Trinajstić information content (AvgIpc) is 2.50. The molecule has 0 unspecified atom stereocenters. The molecule has 134 valence electrons. The Hall–Kier alpha value is -2.64. The Balaban J connectivity index is 2.38. The number of ether oxygens (including phenoxy) is 3. The van der Waals surface area contributed by atoms with Gasteiger partial charge in [-0.1, -0.05) is 0 Å². The van der Waals surface area contributed by atoms with Crippen LogP contribution >= 0.6 is 0 Å². The summed E-state index contributed by atoms with van der Waals surface area (Å²) in [6, 6.07) is 4.64. The fourth-order valence-electron chi connectivity index (χ4n) is 1.72. The minimum absolute atomic E-state index is 0.252. The normalized spacial score (nSPS) is 10.5. The Morgan fingerprint density at radius 2 is 1.71 bits per heavy atom. The largest absolute Gasteiger partial charge is 0.497 e. The maximum absolute atomic E-state index is 11.9. The van der Waals surface area contributed by atoms with Gasteiger partial charge < -0.3 is 30.2 Å². The zero-order valence-electron chi connectivity index (χ0n) is 14.7. The van der Waals surface area contributed by atoms with Gasteiger partial charge in [0.25, 0.3) is 0 Å². The number of carbonyl (C=O) groups is 2. The minimum atomic E-state index is -0.556. The van der Waals surface area contributed by atoms with Crippen LogP contribution in [0.15, 0.2) is 18.2 Å². The molecule has 0 bridgehead atoms. The number of alkyl carbamates (subject to hydrolysis) is 1. The van der Waals surface area contributed by atoms with Gasteiger partial charge in [0, 0.05) is 19.2 Å². The van der Waals surface area contributed by atoms with Crippen molar-refractivity contribution < 1.29 is 23.8 Å². The zero-order valence-corrected chi connectivity index (χ0v) is 14.7. The van der Waals surface area contributed by atoms with Crippen LogP contribution in [0.1, 0.15) is 20.8 Å². The van der Waals surface area contributed by atoms with E-state index in [9.17, 15) is 9.59 Å². The van der Waals surface area contributed by atoms with Gasteiger partial charge in [-0.3, -0.25) is 0 Å². The highest BCUT2D eigenvalue weighted by molar-refractivity contribution is 5.91. The molecule has 0 heterocycles. The molecule has 0 atom stereocenters. The highest BCUT2D eigenvalue weighted by atomic mass is 16.6. The third-order valence-corrected chi connectivity index (χ3v) is 2.74. The molecule has 0 saturated carbocycles. The molecule has 0 saturated heterocycles. The number of rotatable bonds is 6. The lowest BCUT2D eigenvalue weighted by Gasteiger charge is -2.19. The minimum Gasteiger partial charge on any atom is -0.497 e. The monoisotopic (exact) mass is 339 g/mol. The number of methoxy groups -OCH3 is 2. The molecule has 3 N–H and O–H groups in total. The Kier molecular flexibility index (Phi) is 7.16. The summed E-state index contributed by atoms with van der Waals surface area (Å²) in [5.74, 6) is 1.11. The first-order valence-electron chi connectivity index (χ1n) is 7.49. The van der Waals surface area contributed by atoms with Crippen molar-refractivity contribution in [1.82, 2.24) is 10.6 Å². The first-order valence-corrected chi connectivity index (χ1v) is 7.49. The number of urea groups is 1. The quantitative estimate of drug-likeness (QED) is 0.691. The van der Waals surface area contributed by atoms with Gasteiger partial charge in [0.1, 0.15) is 17.1 Å². The van der Waals surface area contributed by atoms with Crippen LogP contribution < -0.4 is 25.4 Å². The van der Waals surface area contributed by atoms with Gasteiger partial charge in [0.05, 0.1) is 19.9 Å². The second-order valence-corrected chi connectivity index (χ2v) is 5.88. The van der Waals surface area contributed by atoms with Gasteiger partial charge in [-0.15, -0.1) is 0 Å². The van der Waals surface area contributed by atoms with Crippen molar-refractivity contribution in [3.63, 3.8) is 0 Å². The molecule has 0 spiro atoms. The summed E-state index contributed by atoms with van der Waals surface area (Å²) >= 11 is 0. The van der Waals surface area contributed by atoms with Gasteiger partial charge in [0.15, 0.2) is 0 Å². The number of carbonyl (C=O) groups excluding carboxylic acids is 2. The molecular weight excluding hydrogens is 314 g/mol. The SMILES string of the molecule is COc1ccc(NC(=O)NCCNC(=O)OC(C)(C)C)c(OC)c1. The molecule has 0 aliphatic rings. The molecule has 8 nitrogen and oxygen atoms in total. The second kappa shape index (κ2) is 8.85. The van der Waals surface area contributed by atoms with E-state index in [4.69, 9.17) is 14.2 Å². The van der Waals surface area contributed by atoms with Gasteiger partial charge in [-0.2, -0.15) is 0 Å². The average molecular weight is 339 g/mol. The highest BCUT2D eigenvalue weighted by Gasteiger charge is 2.15. The molecule has 0 aromatic heterocycles. The van der Waals surface area contributed by atoms with Crippen molar-refractivity contribution in [2.75, 3.05) is 32.6 Å². The third-order valence-electron chi connectivity index (χ3n) is 2.74. The lowest BCUT2D eigenvalue weighted by molar-refractivity contribution is 0.0528. The summed E-state index contributed by atoms with van der Waals surface area (Å²) in [6.45, 7) is 5.84. The second-order valence-electron chi connectivity index (χ2n) is 5.88. The number of amides is 3.